The minimum absolute atomic E-state index is 0. The first-order valence-electron chi connectivity index (χ1n) is 9.39. The molecule has 1 aromatic carbocycles. The minimum atomic E-state index is -3.08. The summed E-state index contributed by atoms with van der Waals surface area (Å²) in [5, 5.41) is 3.25. The van der Waals surface area contributed by atoms with E-state index in [-0.39, 0.29) is 35.5 Å². The molecule has 1 aliphatic rings. The molecule has 0 radical (unpaired) electrons. The van der Waals surface area contributed by atoms with E-state index in [4.69, 9.17) is 0 Å². The van der Waals surface area contributed by atoms with Crippen molar-refractivity contribution in [3.63, 3.8) is 0 Å². The molecule has 0 unspecified atom stereocenters. The van der Waals surface area contributed by atoms with E-state index in [0.29, 0.717) is 31.9 Å². The van der Waals surface area contributed by atoms with Gasteiger partial charge in [0.2, 0.25) is 0 Å². The maximum Gasteiger partial charge on any atom is 0.193 e. The van der Waals surface area contributed by atoms with Crippen LogP contribution in [0.4, 0.5) is 10.1 Å². The molecule has 1 N–H and O–H groups in total. The summed E-state index contributed by atoms with van der Waals surface area (Å²) >= 11 is 0. The molecule has 9 heteroatoms. The maximum absolute atomic E-state index is 13.8. The number of aliphatic imine (C=N–C) groups is 1. The smallest absolute Gasteiger partial charge is 0.193 e. The summed E-state index contributed by atoms with van der Waals surface area (Å²) in [4.78, 5) is 8.56. The van der Waals surface area contributed by atoms with E-state index in [1.807, 2.05) is 29.8 Å². The van der Waals surface area contributed by atoms with Gasteiger partial charge in [0.25, 0.3) is 0 Å². The van der Waals surface area contributed by atoms with E-state index >= 15 is 0 Å². The van der Waals surface area contributed by atoms with E-state index in [2.05, 4.69) is 10.3 Å². The largest absolute Gasteiger partial charge is 0.372 e. The number of guanidine groups is 1. The monoisotopic (exact) mass is 526 g/mol. The Bertz CT molecular complexity index is 771. The van der Waals surface area contributed by atoms with Crippen LogP contribution in [0.15, 0.2) is 29.3 Å². The molecule has 0 aromatic heterocycles. The van der Waals surface area contributed by atoms with Crippen LogP contribution in [0.5, 0.6) is 0 Å². The van der Waals surface area contributed by atoms with E-state index in [1.165, 1.54) is 6.07 Å². The third kappa shape index (κ3) is 6.20. The zero-order valence-corrected chi connectivity index (χ0v) is 20.3. The van der Waals surface area contributed by atoms with Crippen molar-refractivity contribution in [1.29, 1.82) is 0 Å². The van der Waals surface area contributed by atoms with E-state index in [1.54, 1.807) is 26.0 Å². The van der Waals surface area contributed by atoms with Gasteiger partial charge >= 0.3 is 0 Å². The molecule has 1 heterocycles. The first-order valence-corrected chi connectivity index (χ1v) is 11.0. The van der Waals surface area contributed by atoms with Gasteiger partial charge in [-0.2, -0.15) is 0 Å². The van der Waals surface area contributed by atoms with Gasteiger partial charge in [0, 0.05) is 39.8 Å². The molecule has 0 saturated carbocycles. The highest BCUT2D eigenvalue weighted by molar-refractivity contribution is 14.0. The second-order valence-corrected chi connectivity index (χ2v) is 10.2. The van der Waals surface area contributed by atoms with Crippen LogP contribution >= 0.6 is 24.0 Å². The fourth-order valence-corrected chi connectivity index (χ4v) is 4.49. The molecule has 6 nitrogen and oxygen atoms in total. The molecule has 0 amide bonds. The normalized spacial score (nSPS) is 18.3. The average Bonchev–Trinajstić information content (AvgIpc) is 2.60. The van der Waals surface area contributed by atoms with E-state index in [0.717, 1.165) is 18.9 Å². The molecule has 1 aliphatic heterocycles. The number of nitrogens with one attached hydrogen (secondary N) is 1. The highest BCUT2D eigenvalue weighted by Crippen LogP contribution is 2.23. The molecule has 0 atom stereocenters. The Morgan fingerprint density at radius 1 is 1.36 bits per heavy atom. The van der Waals surface area contributed by atoms with Crippen LogP contribution in [-0.4, -0.2) is 69.5 Å². The van der Waals surface area contributed by atoms with Gasteiger partial charge in [0.05, 0.1) is 16.2 Å². The lowest BCUT2D eigenvalue weighted by molar-refractivity contribution is 0.353. The van der Waals surface area contributed by atoms with Crippen molar-refractivity contribution in [3.05, 3.63) is 30.1 Å². The summed E-state index contributed by atoms with van der Waals surface area (Å²) in [7, 11) is -1.21. The van der Waals surface area contributed by atoms with Crippen molar-refractivity contribution in [2.45, 2.75) is 31.9 Å². The van der Waals surface area contributed by atoms with Gasteiger partial charge in [-0.1, -0.05) is 12.1 Å². The molecule has 28 heavy (non-hydrogen) atoms. The van der Waals surface area contributed by atoms with Crippen LogP contribution in [0.2, 0.25) is 0 Å². The Morgan fingerprint density at radius 3 is 2.64 bits per heavy atom. The molecule has 0 bridgehead atoms. The van der Waals surface area contributed by atoms with Crippen molar-refractivity contribution in [2.24, 2.45) is 4.99 Å². The van der Waals surface area contributed by atoms with Gasteiger partial charge in [0.1, 0.15) is 5.82 Å². The number of rotatable bonds is 6. The first-order chi connectivity index (χ1) is 12.7. The Labute approximate surface area is 185 Å². The molecule has 1 fully saturated rings. The summed E-state index contributed by atoms with van der Waals surface area (Å²) in [5.74, 6) is 0.656. The predicted molar refractivity (Wildman–Crippen MR) is 125 cm³/mol. The average molecular weight is 526 g/mol. The molecule has 160 valence electrons. The van der Waals surface area contributed by atoms with Crippen molar-refractivity contribution in [3.8, 4) is 0 Å². The van der Waals surface area contributed by atoms with Gasteiger partial charge in [-0.05, 0) is 39.3 Å². The van der Waals surface area contributed by atoms with Crippen molar-refractivity contribution in [2.75, 3.05) is 50.4 Å². The van der Waals surface area contributed by atoms with E-state index in [9.17, 15) is 12.8 Å². The molecule has 0 spiro atoms. The van der Waals surface area contributed by atoms with Crippen molar-refractivity contribution >= 4 is 45.5 Å². The fourth-order valence-electron chi connectivity index (χ4n) is 3.12. The molecule has 1 aromatic rings. The van der Waals surface area contributed by atoms with Crippen LogP contribution in [0.1, 0.15) is 27.2 Å². The molecule has 0 aliphatic carbocycles. The number of para-hydroxylation sites is 1. The van der Waals surface area contributed by atoms with Gasteiger partial charge in [0.15, 0.2) is 15.8 Å². The Balaban J connectivity index is 0.00000392. The van der Waals surface area contributed by atoms with Crippen LogP contribution in [0, 0.1) is 5.82 Å². The molecular weight excluding hydrogens is 494 g/mol. The second-order valence-electron chi connectivity index (χ2n) is 7.46. The molecular formula is C19H32FIN4O2S. The Morgan fingerprint density at radius 2 is 2.04 bits per heavy atom. The topological polar surface area (TPSA) is 65.0 Å². The maximum atomic E-state index is 13.8. The third-order valence-electron chi connectivity index (χ3n) is 4.85. The minimum Gasteiger partial charge on any atom is -0.372 e. The summed E-state index contributed by atoms with van der Waals surface area (Å²) in [5.41, 5.74) is 0.580. The van der Waals surface area contributed by atoms with Gasteiger partial charge in [-0.25, -0.2) is 12.8 Å². The quantitative estimate of drug-likeness (QED) is 0.268. The lowest BCUT2D eigenvalue weighted by Gasteiger charge is -2.39. The molecule has 2 rings (SSSR count). The number of anilines is 1. The van der Waals surface area contributed by atoms with Crippen LogP contribution in [0.25, 0.3) is 0 Å². The number of hydrogen-bond donors (Lipinski definition) is 1. The van der Waals surface area contributed by atoms with Crippen LogP contribution in [0.3, 0.4) is 0 Å². The van der Waals surface area contributed by atoms with E-state index < -0.39 is 14.6 Å². The second kappa shape index (κ2) is 10.6. The summed E-state index contributed by atoms with van der Waals surface area (Å²) in [6.07, 6.45) is 0.773. The van der Waals surface area contributed by atoms with Crippen molar-refractivity contribution in [1.82, 2.24) is 10.2 Å². The van der Waals surface area contributed by atoms with Gasteiger partial charge in [-0.3, -0.25) is 4.99 Å². The van der Waals surface area contributed by atoms with Gasteiger partial charge in [-0.15, -0.1) is 24.0 Å². The number of hydrogen-bond acceptors (Lipinski definition) is 4. The van der Waals surface area contributed by atoms with Crippen LogP contribution < -0.4 is 10.2 Å². The number of halogens is 2. The Hall–Kier alpha value is -1.10. The zero-order chi connectivity index (χ0) is 20.1. The highest BCUT2D eigenvalue weighted by Gasteiger charge is 2.40. The molecule has 1 saturated heterocycles. The standard InChI is InChI=1S/C19H31FN4O2S.HI/c1-5-21-18(24-13-14-27(25,26)19(2,3)15-24)22-11-8-12-23(4)17-10-7-6-9-16(17)20;/h6-7,9-10H,5,8,11-15H2,1-4H3,(H,21,22);1H. The fraction of sp³-hybridized carbons (Fsp3) is 0.632. The highest BCUT2D eigenvalue weighted by atomic mass is 127. The lowest BCUT2D eigenvalue weighted by atomic mass is 10.2. The summed E-state index contributed by atoms with van der Waals surface area (Å²) in [6, 6.07) is 6.72. The first kappa shape index (κ1) is 24.9. The van der Waals surface area contributed by atoms with Crippen molar-refractivity contribution < 1.29 is 12.8 Å². The number of sulfone groups is 1. The predicted octanol–water partition coefficient (Wildman–Crippen LogP) is 2.74. The number of benzene rings is 1. The lowest BCUT2D eigenvalue weighted by Crippen LogP contribution is -2.57. The Kier molecular flexibility index (Phi) is 9.45. The summed E-state index contributed by atoms with van der Waals surface area (Å²) in [6.45, 7) is 8.39. The zero-order valence-electron chi connectivity index (χ0n) is 17.1. The van der Waals surface area contributed by atoms with Gasteiger partial charge < -0.3 is 15.1 Å². The third-order valence-corrected chi connectivity index (χ3v) is 7.39. The summed E-state index contributed by atoms with van der Waals surface area (Å²) < 4.78 is 37.4. The number of nitrogens with zero attached hydrogens (tertiary/aromatic N) is 3. The SMILES string of the molecule is CCNC(=NCCCN(C)c1ccccc1F)N1CCS(=O)(=O)C(C)(C)C1.I. The van der Waals surface area contributed by atoms with Crippen LogP contribution in [-0.2, 0) is 9.84 Å².